The number of guanidine groups is 1. The number of benzene rings is 2. The topological polar surface area (TPSA) is 96.1 Å². The van der Waals surface area contributed by atoms with Crippen LogP contribution < -0.4 is 10.6 Å². The molecule has 2 N–H and O–H groups in total. The lowest BCUT2D eigenvalue weighted by atomic mass is 9.88. The Labute approximate surface area is 189 Å². The number of anilines is 1. The second-order valence-corrected chi connectivity index (χ2v) is 10.7. The van der Waals surface area contributed by atoms with Crippen LogP contribution >= 0.6 is 0 Å². The van der Waals surface area contributed by atoms with Gasteiger partial charge in [0.1, 0.15) is 0 Å². The van der Waals surface area contributed by atoms with Gasteiger partial charge in [0.05, 0.1) is 17.5 Å². The molecule has 168 valence electrons. The predicted octanol–water partition coefficient (Wildman–Crippen LogP) is 3.22. The van der Waals surface area contributed by atoms with Crippen LogP contribution in [0.1, 0.15) is 49.3 Å². The second kappa shape index (κ2) is 8.24. The van der Waals surface area contributed by atoms with Crippen molar-refractivity contribution >= 4 is 27.6 Å². The highest BCUT2D eigenvalue weighted by Crippen LogP contribution is 2.35. The molecule has 1 aliphatic carbocycles. The van der Waals surface area contributed by atoms with Crippen LogP contribution in [-0.2, 0) is 21.2 Å². The Hall–Kier alpha value is -2.87. The highest BCUT2D eigenvalue weighted by Gasteiger charge is 2.36. The number of sulfonamides is 1. The molecular weight excluding hydrogens is 424 g/mol. The molecule has 1 saturated carbocycles. The van der Waals surface area contributed by atoms with Gasteiger partial charge in [-0.3, -0.25) is 4.79 Å². The van der Waals surface area contributed by atoms with E-state index >= 15 is 0 Å². The molecule has 0 spiro atoms. The van der Waals surface area contributed by atoms with Gasteiger partial charge in [0.25, 0.3) is 10.0 Å². The molecule has 2 aromatic rings. The maximum absolute atomic E-state index is 13.4. The van der Waals surface area contributed by atoms with E-state index in [4.69, 9.17) is 5.73 Å². The molecule has 7 nitrogen and oxygen atoms in total. The number of carbonyl (C=O) groups excluding carboxylic acids is 1. The van der Waals surface area contributed by atoms with Crippen molar-refractivity contribution in [2.75, 3.05) is 18.0 Å². The summed E-state index contributed by atoms with van der Waals surface area (Å²) in [7, 11) is -3.83. The lowest BCUT2D eigenvalue weighted by molar-refractivity contribution is -0.123. The Kier molecular flexibility index (Phi) is 5.41. The Balaban J connectivity index is 1.37. The molecule has 5 rings (SSSR count). The Morgan fingerprint density at radius 3 is 2.53 bits per heavy atom. The lowest BCUT2D eigenvalue weighted by Gasteiger charge is -2.26. The summed E-state index contributed by atoms with van der Waals surface area (Å²) in [6, 6.07) is 14.3. The zero-order chi connectivity index (χ0) is 22.3. The first kappa shape index (κ1) is 21.0. The molecule has 3 aliphatic rings. The number of carbonyl (C=O) groups is 1. The highest BCUT2D eigenvalue weighted by atomic mass is 32.2. The minimum atomic E-state index is -3.83. The summed E-state index contributed by atoms with van der Waals surface area (Å²) >= 11 is 0. The Morgan fingerprint density at radius 1 is 1.03 bits per heavy atom. The quantitative estimate of drug-likeness (QED) is 0.770. The molecule has 1 atom stereocenters. The van der Waals surface area contributed by atoms with Crippen molar-refractivity contribution in [1.29, 1.82) is 0 Å². The van der Waals surface area contributed by atoms with Crippen LogP contribution in [0.2, 0.25) is 0 Å². The van der Waals surface area contributed by atoms with Crippen LogP contribution in [0.25, 0.3) is 0 Å². The van der Waals surface area contributed by atoms with Crippen molar-refractivity contribution in [2.45, 2.75) is 49.5 Å². The minimum Gasteiger partial charge on any atom is -0.369 e. The van der Waals surface area contributed by atoms with Gasteiger partial charge in [0.2, 0.25) is 11.9 Å². The van der Waals surface area contributed by atoms with Crippen molar-refractivity contribution in [1.82, 2.24) is 4.31 Å². The van der Waals surface area contributed by atoms with Crippen LogP contribution in [0, 0.1) is 5.92 Å². The largest absolute Gasteiger partial charge is 0.369 e. The molecule has 1 amide bonds. The predicted molar refractivity (Wildman–Crippen MR) is 124 cm³/mol. The van der Waals surface area contributed by atoms with E-state index in [1.165, 1.54) is 10.7 Å². The molecule has 2 heterocycles. The van der Waals surface area contributed by atoms with Gasteiger partial charge in [0, 0.05) is 18.2 Å². The van der Waals surface area contributed by atoms with E-state index in [0.29, 0.717) is 13.0 Å². The van der Waals surface area contributed by atoms with Gasteiger partial charge < -0.3 is 10.6 Å². The molecule has 2 aliphatic heterocycles. The summed E-state index contributed by atoms with van der Waals surface area (Å²) in [6.45, 7) is 0.791. The number of fused-ring (bicyclic) bond motifs is 1. The molecule has 32 heavy (non-hydrogen) atoms. The Morgan fingerprint density at radius 2 is 1.78 bits per heavy atom. The first-order chi connectivity index (χ1) is 15.4. The average Bonchev–Trinajstić information content (AvgIpc) is 3.43. The van der Waals surface area contributed by atoms with Gasteiger partial charge in [-0.1, -0.05) is 49.6 Å². The van der Waals surface area contributed by atoms with E-state index in [1.807, 2.05) is 35.2 Å². The van der Waals surface area contributed by atoms with Gasteiger partial charge >= 0.3 is 0 Å². The fourth-order valence-corrected chi connectivity index (χ4v) is 6.47. The molecule has 1 fully saturated rings. The lowest BCUT2D eigenvalue weighted by Crippen LogP contribution is -2.39. The number of amides is 1. The number of rotatable bonds is 4. The number of hydrogen-bond acceptors (Lipinski definition) is 5. The van der Waals surface area contributed by atoms with Gasteiger partial charge in [-0.15, -0.1) is 0 Å². The van der Waals surface area contributed by atoms with Crippen molar-refractivity contribution in [3.05, 3.63) is 59.7 Å². The molecular formula is C24H28N4O3S. The fourth-order valence-electron chi connectivity index (χ4n) is 5.06. The van der Waals surface area contributed by atoms with Crippen molar-refractivity contribution < 1.29 is 13.2 Å². The van der Waals surface area contributed by atoms with E-state index in [0.717, 1.165) is 42.5 Å². The Bertz CT molecular complexity index is 1160. The van der Waals surface area contributed by atoms with Gasteiger partial charge in [-0.05, 0) is 48.6 Å². The first-order valence-electron chi connectivity index (χ1n) is 11.3. The van der Waals surface area contributed by atoms with Crippen LogP contribution in [0.4, 0.5) is 5.69 Å². The van der Waals surface area contributed by atoms with E-state index in [-0.39, 0.29) is 35.3 Å². The number of nitrogens with zero attached hydrogens (tertiary/aromatic N) is 3. The van der Waals surface area contributed by atoms with Gasteiger partial charge in [-0.25, -0.2) is 17.7 Å². The molecule has 8 heteroatoms. The molecule has 0 aromatic heterocycles. The normalized spacial score (nSPS) is 21.5. The van der Waals surface area contributed by atoms with Crippen molar-refractivity contribution in [2.24, 2.45) is 16.6 Å². The molecule has 0 bridgehead atoms. The number of nitrogens with two attached hydrogens (primary N) is 1. The van der Waals surface area contributed by atoms with Gasteiger partial charge in [0.15, 0.2) is 0 Å². The second-order valence-electron chi connectivity index (χ2n) is 8.82. The SMILES string of the molecule is NC1=N[C@@H](c2ccccc2)CN1S(=O)(=O)c1ccc2c(c1)CCN2C(=O)C1CCCCC1. The summed E-state index contributed by atoms with van der Waals surface area (Å²) in [5, 5.41) is 0. The summed E-state index contributed by atoms with van der Waals surface area (Å²) in [4.78, 5) is 19.5. The van der Waals surface area contributed by atoms with Crippen molar-refractivity contribution in [3.8, 4) is 0 Å². The highest BCUT2D eigenvalue weighted by molar-refractivity contribution is 7.89. The van der Waals surface area contributed by atoms with E-state index in [2.05, 4.69) is 4.99 Å². The number of hydrogen-bond donors (Lipinski definition) is 1. The third-order valence-electron chi connectivity index (χ3n) is 6.82. The third kappa shape index (κ3) is 3.66. The molecule has 2 aromatic carbocycles. The fraction of sp³-hybridized carbons (Fsp3) is 0.417. The van der Waals surface area contributed by atoms with E-state index in [9.17, 15) is 13.2 Å². The minimum absolute atomic E-state index is 0.00783. The summed E-state index contributed by atoms with van der Waals surface area (Å²) in [6.07, 6.45) is 5.98. The van der Waals surface area contributed by atoms with Crippen LogP contribution in [-0.4, -0.2) is 37.7 Å². The average molecular weight is 453 g/mol. The standard InChI is InChI=1S/C24H28N4O3S/c25-24-26-21(17-7-3-1-4-8-17)16-28(24)32(30,31)20-11-12-22-19(15-20)13-14-27(22)23(29)18-9-5-2-6-10-18/h1,3-4,7-8,11-12,15,18,21H,2,5-6,9-10,13-14,16H2,(H2,25,26)/t21-/m1/s1. The van der Waals surface area contributed by atoms with E-state index in [1.54, 1.807) is 18.2 Å². The maximum Gasteiger partial charge on any atom is 0.266 e. The monoisotopic (exact) mass is 452 g/mol. The zero-order valence-electron chi connectivity index (χ0n) is 18.0. The third-order valence-corrected chi connectivity index (χ3v) is 8.59. The van der Waals surface area contributed by atoms with Crippen LogP contribution in [0.5, 0.6) is 0 Å². The zero-order valence-corrected chi connectivity index (χ0v) is 18.8. The van der Waals surface area contributed by atoms with Crippen LogP contribution in [0.15, 0.2) is 58.4 Å². The molecule has 0 unspecified atom stereocenters. The van der Waals surface area contributed by atoms with Crippen LogP contribution in [0.3, 0.4) is 0 Å². The smallest absolute Gasteiger partial charge is 0.266 e. The summed E-state index contributed by atoms with van der Waals surface area (Å²) < 4.78 is 27.9. The summed E-state index contributed by atoms with van der Waals surface area (Å²) in [5.74, 6) is 0.280. The van der Waals surface area contributed by atoms with Crippen molar-refractivity contribution in [3.63, 3.8) is 0 Å². The van der Waals surface area contributed by atoms with E-state index < -0.39 is 10.0 Å². The molecule has 0 saturated heterocycles. The molecule has 0 radical (unpaired) electrons. The number of aliphatic imine (C=N–C) groups is 1. The first-order valence-corrected chi connectivity index (χ1v) is 12.7. The van der Waals surface area contributed by atoms with Gasteiger partial charge in [-0.2, -0.15) is 0 Å². The summed E-state index contributed by atoms with van der Waals surface area (Å²) in [5.41, 5.74) is 8.69. The maximum atomic E-state index is 13.4.